The number of hydrogen-bond acceptors (Lipinski definition) is 9. The van der Waals surface area contributed by atoms with Crippen LogP contribution in [0.4, 0.5) is 8.63 Å². The Morgan fingerprint density at radius 3 is 2.01 bits per heavy atom. The zero-order chi connectivity index (χ0) is 51.8. The van der Waals surface area contributed by atoms with Gasteiger partial charge in [0, 0.05) is 53.9 Å². The van der Waals surface area contributed by atoms with Crippen LogP contribution in [0.5, 0.6) is 5.75 Å². The Morgan fingerprint density at radius 2 is 1.34 bits per heavy atom. The first-order chi connectivity index (χ1) is 35.0. The van der Waals surface area contributed by atoms with Gasteiger partial charge < -0.3 is 34.8 Å². The SMILES string of the molecule is CCCCc1ccc(-c2ccc3oc4ccc5c(=O)n(CCCOc6cc(C)c(C7=C8C(C)=C(C(=O)OCC)C(C)=IN8[B-](F)(F)n8c(C)c(C(=O)OCC)c(C)c87)c(C)c6)c(=O)c6ccc(c3c2)c4c56)cc1. The number of carbonyl (C=O) groups is 2. The number of nitrogens with zero attached hydrogens (tertiary/aromatic N) is 3. The van der Waals surface area contributed by atoms with Gasteiger partial charge in [0.15, 0.2) is 0 Å². The van der Waals surface area contributed by atoms with Crippen molar-refractivity contribution in [3.05, 3.63) is 161 Å². The van der Waals surface area contributed by atoms with E-state index in [1.165, 1.54) is 20.1 Å². The molecule has 2 aliphatic rings. The number of fused-ring (bicyclic) bond motifs is 4. The fraction of sp³-hybridized carbons (Fsp3) is 0.293. The predicted molar refractivity (Wildman–Crippen MR) is 296 cm³/mol. The third kappa shape index (κ3) is 8.09. The molecular weight excluding hydrogens is 1040 g/mol. The summed E-state index contributed by atoms with van der Waals surface area (Å²) in [5, 5.41) is 3.97. The van der Waals surface area contributed by atoms with Crippen LogP contribution >= 0.6 is 21.0 Å². The summed E-state index contributed by atoms with van der Waals surface area (Å²) in [7, 11) is 0. The maximum Gasteiger partial charge on any atom is 0.537 e. The first-order valence-electron chi connectivity index (χ1n) is 25.0. The fourth-order valence-electron chi connectivity index (χ4n) is 11.2. The molecule has 15 heteroatoms. The number of halogens is 3. The second-order valence-electron chi connectivity index (χ2n) is 19.0. The molecule has 0 saturated carbocycles. The van der Waals surface area contributed by atoms with Gasteiger partial charge in [-0.25, -0.2) is 9.59 Å². The molecule has 0 aliphatic carbocycles. The number of benzene rings is 5. The van der Waals surface area contributed by atoms with Gasteiger partial charge in [0.25, 0.3) is 11.1 Å². The van der Waals surface area contributed by atoms with Crippen LogP contribution in [0.3, 0.4) is 0 Å². The minimum atomic E-state index is -4.47. The second kappa shape index (κ2) is 19.2. The lowest BCUT2D eigenvalue weighted by atomic mass is 9.81. The van der Waals surface area contributed by atoms with Gasteiger partial charge in [0.05, 0.1) is 31.0 Å². The molecule has 0 spiro atoms. The van der Waals surface area contributed by atoms with Crippen LogP contribution in [-0.2, 0) is 27.2 Å². The van der Waals surface area contributed by atoms with Crippen LogP contribution < -0.4 is 15.9 Å². The average Bonchev–Trinajstić information content (AvgIpc) is 3.63. The van der Waals surface area contributed by atoms with Crippen LogP contribution in [-0.4, -0.2) is 54.3 Å². The Hall–Kier alpha value is -6.88. The Morgan fingerprint density at radius 1 is 0.712 bits per heavy atom. The van der Waals surface area contributed by atoms with E-state index in [0.717, 1.165) is 51.0 Å². The smallest absolute Gasteiger partial charge is 0.494 e. The molecule has 0 saturated heterocycles. The van der Waals surface area contributed by atoms with E-state index >= 15 is 8.63 Å². The summed E-state index contributed by atoms with van der Waals surface area (Å²) in [5.74, 6) is -0.742. The average molecular weight is 1100 g/mol. The topological polar surface area (TPSA) is 122 Å². The molecule has 3 aromatic heterocycles. The molecule has 0 atom stereocenters. The monoisotopic (exact) mass is 1100 g/mol. The number of rotatable bonds is 14. The van der Waals surface area contributed by atoms with Crippen molar-refractivity contribution < 1.29 is 36.8 Å². The lowest BCUT2D eigenvalue weighted by molar-refractivity contribution is -0.137. The molecule has 0 N–H and O–H groups in total. The molecule has 73 heavy (non-hydrogen) atoms. The fourth-order valence-corrected chi connectivity index (χ4v) is 14.2. The number of esters is 2. The lowest BCUT2D eigenvalue weighted by Crippen LogP contribution is -2.53. The molecule has 0 unspecified atom stereocenters. The van der Waals surface area contributed by atoms with Gasteiger partial charge in [-0.2, -0.15) is 0 Å². The molecule has 376 valence electrons. The predicted octanol–water partition coefficient (Wildman–Crippen LogP) is 12.8. The maximum absolute atomic E-state index is 17.3. The van der Waals surface area contributed by atoms with Crippen molar-refractivity contribution in [3.63, 3.8) is 0 Å². The minimum Gasteiger partial charge on any atom is -0.494 e. The third-order valence-corrected chi connectivity index (χ3v) is 17.4. The molecule has 11 nitrogen and oxygen atoms in total. The van der Waals surface area contributed by atoms with E-state index in [1.54, 1.807) is 46.8 Å². The maximum atomic E-state index is 17.3. The van der Waals surface area contributed by atoms with Crippen molar-refractivity contribution in [2.45, 2.75) is 94.5 Å². The minimum absolute atomic E-state index is 0.0724. The highest BCUT2D eigenvalue weighted by atomic mass is 127. The van der Waals surface area contributed by atoms with Crippen molar-refractivity contribution in [1.29, 1.82) is 0 Å². The number of hydrogen-bond donors (Lipinski definition) is 0. The molecule has 8 aromatic rings. The van der Waals surface area contributed by atoms with Gasteiger partial charge in [-0.15, -0.1) is 0 Å². The van der Waals surface area contributed by atoms with Gasteiger partial charge in [-0.3, -0.25) is 14.2 Å². The highest BCUT2D eigenvalue weighted by Crippen LogP contribution is 2.52. The summed E-state index contributed by atoms with van der Waals surface area (Å²) in [6.07, 6.45) is 3.67. The summed E-state index contributed by atoms with van der Waals surface area (Å²) < 4.78 is 62.2. The van der Waals surface area contributed by atoms with Gasteiger partial charge in [-0.1, -0.05) is 49.7 Å². The first kappa shape index (κ1) is 49.7. The van der Waals surface area contributed by atoms with Crippen LogP contribution in [0.1, 0.15) is 103 Å². The van der Waals surface area contributed by atoms with E-state index in [1.807, 2.05) is 44.2 Å². The van der Waals surface area contributed by atoms with Crippen molar-refractivity contribution >= 4 is 92.5 Å². The van der Waals surface area contributed by atoms with Crippen molar-refractivity contribution in [2.75, 3.05) is 19.8 Å². The van der Waals surface area contributed by atoms with Crippen molar-refractivity contribution in [1.82, 2.24) is 12.1 Å². The number of aryl methyl sites for hydroxylation is 3. The zero-order valence-electron chi connectivity index (χ0n) is 42.5. The number of aromatic nitrogens is 2. The summed E-state index contributed by atoms with van der Waals surface area (Å²) in [4.78, 5) is 55.4. The number of pyridine rings is 1. The number of ether oxygens (including phenoxy) is 3. The van der Waals surface area contributed by atoms with E-state index in [9.17, 15) is 19.2 Å². The van der Waals surface area contributed by atoms with Gasteiger partial charge in [0.1, 0.15) is 16.9 Å². The van der Waals surface area contributed by atoms with Crippen LogP contribution in [0.15, 0.2) is 110 Å². The summed E-state index contributed by atoms with van der Waals surface area (Å²) in [5.41, 5.74) is 8.15. The summed E-state index contributed by atoms with van der Waals surface area (Å²) in [6.45, 7) is 11.9. The van der Waals surface area contributed by atoms with Crippen LogP contribution in [0, 0.1) is 27.7 Å². The largest absolute Gasteiger partial charge is 0.537 e. The summed E-state index contributed by atoms with van der Waals surface area (Å²) in [6, 6.07) is 25.8. The number of unbranched alkanes of at least 4 members (excludes halogenated alkanes) is 1. The van der Waals surface area contributed by atoms with E-state index in [2.05, 4.69) is 43.3 Å². The molecule has 0 fully saturated rings. The van der Waals surface area contributed by atoms with Crippen molar-refractivity contribution in [2.24, 2.45) is 0 Å². The number of allylic oxidation sites excluding steroid dienone is 1. The standard InChI is InChI=1S/C58H56BF2IN3O8/c1-10-13-15-37-16-18-38(19-17-37)39-20-24-45-44(30-39)41-21-22-42-50-43(23-25-46(73-45)51(41)50)56(67)63(55(42)66)26-14-27-72-40-28-31(4)47(32(5)29-40)52-53-34(7)49(58(69)71-12-3)36(9)64(53)59(60,61)65-54(52)33(6)48(35(8)62-65)57(68)70-11-2/h16-25,28-30H,10-15,26-27H2,1-9H3/q-1. The second-order valence-corrected chi connectivity index (χ2v) is 22.2. The van der Waals surface area contributed by atoms with Crippen LogP contribution in [0.25, 0.3) is 60.2 Å². The molecule has 10 rings (SSSR count). The number of carbonyl (C=O) groups excluding carboxylic acids is 2. The Balaban J connectivity index is 0.969. The molecule has 2 aliphatic heterocycles. The van der Waals surface area contributed by atoms with Gasteiger partial charge in [-0.05, 0) is 194 Å². The first-order valence-corrected chi connectivity index (χ1v) is 27.0. The lowest BCUT2D eigenvalue weighted by Gasteiger charge is -2.49. The molecule has 5 heterocycles. The normalized spacial score (nSPS) is 14.5. The summed E-state index contributed by atoms with van der Waals surface area (Å²) >= 11 is -1.60. The van der Waals surface area contributed by atoms with E-state index in [4.69, 9.17) is 18.6 Å². The molecule has 0 radical (unpaired) electrons. The third-order valence-electron chi connectivity index (χ3n) is 14.4. The van der Waals surface area contributed by atoms with E-state index in [0.29, 0.717) is 82.0 Å². The van der Waals surface area contributed by atoms with Crippen LogP contribution in [0.2, 0.25) is 0 Å². The van der Waals surface area contributed by atoms with Gasteiger partial charge in [0.2, 0.25) is 0 Å². The van der Waals surface area contributed by atoms with Crippen molar-refractivity contribution in [3.8, 4) is 16.9 Å². The van der Waals surface area contributed by atoms with Gasteiger partial charge >= 0.3 is 18.9 Å². The molecule has 0 bridgehead atoms. The highest BCUT2D eigenvalue weighted by Gasteiger charge is 2.49. The quantitative estimate of drug-likeness (QED) is 0.0199. The highest BCUT2D eigenvalue weighted by molar-refractivity contribution is 14.2. The van der Waals surface area contributed by atoms with E-state index in [-0.39, 0.29) is 49.0 Å². The molecule has 0 amide bonds. The Labute approximate surface area is 431 Å². The Kier molecular flexibility index (Phi) is 13.1. The zero-order valence-corrected chi connectivity index (χ0v) is 44.6. The van der Waals surface area contributed by atoms with E-state index < -0.39 is 51.0 Å². The Bertz CT molecular complexity index is 3790. The molecular formula is C58H56BF2IN3O8-. The molecule has 5 aromatic carbocycles.